The van der Waals surface area contributed by atoms with Crippen LogP contribution in [0.5, 0.6) is 0 Å². The predicted octanol–water partition coefficient (Wildman–Crippen LogP) is 4.38. The molecule has 8 heteroatoms. The highest BCUT2D eigenvalue weighted by atomic mass is 79.9. The molecule has 0 heterocycles. The van der Waals surface area contributed by atoms with E-state index in [0.717, 1.165) is 13.0 Å². The largest absolute Gasteiger partial charge is 0.430 e. The van der Waals surface area contributed by atoms with Gasteiger partial charge in [0.25, 0.3) is 5.60 Å². The summed E-state index contributed by atoms with van der Waals surface area (Å²) in [5, 5.41) is 9.29. The summed E-state index contributed by atoms with van der Waals surface area (Å²) in [5.41, 5.74) is -6.17. The maximum Gasteiger partial charge on any atom is 0.430 e. The summed E-state index contributed by atoms with van der Waals surface area (Å²) in [6.07, 6.45) is -11.7. The van der Waals surface area contributed by atoms with Crippen LogP contribution in [0.1, 0.15) is 16.7 Å². The Balaban J connectivity index is 3.67. The van der Waals surface area contributed by atoms with Crippen LogP contribution in [-0.2, 0) is 5.60 Å². The SMILES string of the molecule is Cc1c(Br)ccc(C(O)(C(F)(F)F)C(F)(F)F)c1C. The minimum Gasteiger partial charge on any atom is -0.369 e. The van der Waals surface area contributed by atoms with Crippen LogP contribution >= 0.6 is 15.9 Å². The summed E-state index contributed by atoms with van der Waals surface area (Å²) in [5.74, 6) is 0. The van der Waals surface area contributed by atoms with Gasteiger partial charge in [-0.25, -0.2) is 0 Å². The molecule has 0 aliphatic heterocycles. The normalized spacial score (nSPS) is 13.8. The average molecular weight is 351 g/mol. The Hall–Kier alpha value is -0.760. The molecule has 0 radical (unpaired) electrons. The van der Waals surface area contributed by atoms with Crippen molar-refractivity contribution < 1.29 is 31.4 Å². The van der Waals surface area contributed by atoms with E-state index in [4.69, 9.17) is 0 Å². The van der Waals surface area contributed by atoms with Gasteiger partial charge in [0.15, 0.2) is 0 Å². The topological polar surface area (TPSA) is 20.2 Å². The third kappa shape index (κ3) is 2.47. The summed E-state index contributed by atoms with van der Waals surface area (Å²) < 4.78 is 76.7. The minimum atomic E-state index is -5.86. The van der Waals surface area contributed by atoms with Gasteiger partial charge in [-0.15, -0.1) is 0 Å². The summed E-state index contributed by atoms with van der Waals surface area (Å²) in [7, 11) is 0. The highest BCUT2D eigenvalue weighted by Crippen LogP contribution is 2.51. The Morgan fingerprint density at radius 1 is 0.895 bits per heavy atom. The zero-order chi connectivity index (χ0) is 15.2. The molecule has 0 saturated carbocycles. The van der Waals surface area contributed by atoms with Gasteiger partial charge in [-0.05, 0) is 31.0 Å². The molecule has 1 nitrogen and oxygen atoms in total. The fourth-order valence-corrected chi connectivity index (χ4v) is 2.08. The van der Waals surface area contributed by atoms with E-state index in [9.17, 15) is 31.4 Å². The van der Waals surface area contributed by atoms with Gasteiger partial charge in [0.05, 0.1) is 0 Å². The van der Waals surface area contributed by atoms with Crippen molar-refractivity contribution in [2.75, 3.05) is 0 Å². The van der Waals surface area contributed by atoms with Gasteiger partial charge in [-0.2, -0.15) is 26.3 Å². The van der Waals surface area contributed by atoms with Gasteiger partial charge in [-0.3, -0.25) is 0 Å². The fraction of sp³-hybridized carbons (Fsp3) is 0.455. The molecule has 1 aromatic carbocycles. The van der Waals surface area contributed by atoms with E-state index in [2.05, 4.69) is 15.9 Å². The Labute approximate surface area is 113 Å². The second kappa shape index (κ2) is 4.66. The second-order valence-corrected chi connectivity index (χ2v) is 4.91. The first-order chi connectivity index (χ1) is 8.34. The first kappa shape index (κ1) is 16.3. The van der Waals surface area contributed by atoms with Gasteiger partial charge < -0.3 is 5.11 Å². The molecule has 0 amide bonds. The van der Waals surface area contributed by atoms with Crippen LogP contribution in [0.3, 0.4) is 0 Å². The lowest BCUT2D eigenvalue weighted by Gasteiger charge is -2.34. The molecule has 0 saturated heterocycles. The van der Waals surface area contributed by atoms with Crippen LogP contribution in [0.4, 0.5) is 26.3 Å². The molecule has 108 valence electrons. The number of benzene rings is 1. The van der Waals surface area contributed by atoms with Crippen LogP contribution in [0, 0.1) is 13.8 Å². The molecule has 1 N–H and O–H groups in total. The zero-order valence-corrected chi connectivity index (χ0v) is 11.3. The van der Waals surface area contributed by atoms with Gasteiger partial charge >= 0.3 is 12.4 Å². The quantitative estimate of drug-likeness (QED) is 0.745. The van der Waals surface area contributed by atoms with Crippen LogP contribution in [0.25, 0.3) is 0 Å². The molecule has 0 bridgehead atoms. The molecular formula is C11H9BrF6O. The minimum absolute atomic E-state index is 0.199. The number of alkyl halides is 6. The third-order valence-electron chi connectivity index (χ3n) is 2.93. The number of halogens is 7. The van der Waals surface area contributed by atoms with Gasteiger partial charge in [0.2, 0.25) is 0 Å². The molecule has 1 rings (SSSR count). The Kier molecular flexibility index (Phi) is 4.00. The van der Waals surface area contributed by atoms with Crippen molar-refractivity contribution in [3.63, 3.8) is 0 Å². The molecule has 0 aliphatic rings. The molecule has 0 unspecified atom stereocenters. The Bertz CT molecular complexity index is 477. The van der Waals surface area contributed by atoms with Gasteiger partial charge in [-0.1, -0.05) is 22.0 Å². The predicted molar refractivity (Wildman–Crippen MR) is 59.6 cm³/mol. The Morgan fingerprint density at radius 3 is 1.68 bits per heavy atom. The van der Waals surface area contributed by atoms with Crippen molar-refractivity contribution in [1.29, 1.82) is 0 Å². The maximum atomic E-state index is 12.7. The smallest absolute Gasteiger partial charge is 0.369 e. The number of hydrogen-bond acceptors (Lipinski definition) is 1. The van der Waals surface area contributed by atoms with E-state index in [1.807, 2.05) is 0 Å². The summed E-state index contributed by atoms with van der Waals surface area (Å²) in [4.78, 5) is 0. The highest BCUT2D eigenvalue weighted by Gasteiger charge is 2.71. The summed E-state index contributed by atoms with van der Waals surface area (Å²) in [6.45, 7) is 2.45. The van der Waals surface area contributed by atoms with Gasteiger partial charge in [0, 0.05) is 10.0 Å². The third-order valence-corrected chi connectivity index (χ3v) is 3.79. The molecule has 0 atom stereocenters. The van der Waals surface area contributed by atoms with Crippen LogP contribution in [0.15, 0.2) is 16.6 Å². The highest BCUT2D eigenvalue weighted by molar-refractivity contribution is 9.10. The lowest BCUT2D eigenvalue weighted by Crippen LogP contribution is -2.54. The van der Waals surface area contributed by atoms with Crippen LogP contribution in [0.2, 0.25) is 0 Å². The first-order valence-corrected chi connectivity index (χ1v) is 5.75. The second-order valence-electron chi connectivity index (χ2n) is 4.05. The first-order valence-electron chi connectivity index (χ1n) is 4.96. The number of aliphatic hydroxyl groups is 1. The zero-order valence-electron chi connectivity index (χ0n) is 9.75. The monoisotopic (exact) mass is 350 g/mol. The fourth-order valence-electron chi connectivity index (χ4n) is 1.65. The van der Waals surface area contributed by atoms with Crippen molar-refractivity contribution in [2.24, 2.45) is 0 Å². The molecule has 0 spiro atoms. The van der Waals surface area contributed by atoms with E-state index in [0.29, 0.717) is 10.5 Å². The molecule has 19 heavy (non-hydrogen) atoms. The summed E-state index contributed by atoms with van der Waals surface area (Å²) >= 11 is 3.00. The Morgan fingerprint density at radius 2 is 1.32 bits per heavy atom. The molecule has 0 fully saturated rings. The summed E-state index contributed by atoms with van der Waals surface area (Å²) in [6, 6.07) is 1.66. The average Bonchev–Trinajstić information content (AvgIpc) is 2.22. The van der Waals surface area contributed by atoms with E-state index in [-0.39, 0.29) is 11.1 Å². The van der Waals surface area contributed by atoms with Crippen LogP contribution in [-0.4, -0.2) is 17.5 Å². The van der Waals surface area contributed by atoms with Crippen LogP contribution < -0.4 is 0 Å². The molecule has 0 aromatic heterocycles. The standard InChI is InChI=1S/C11H9BrF6O/c1-5-6(2)8(12)4-3-7(5)9(19,10(13,14)15)11(16,17)18/h3-4,19H,1-2H3. The lowest BCUT2D eigenvalue weighted by molar-refractivity contribution is -0.376. The molecular weight excluding hydrogens is 342 g/mol. The number of hydrogen-bond donors (Lipinski definition) is 1. The lowest BCUT2D eigenvalue weighted by atomic mass is 9.87. The van der Waals surface area contributed by atoms with E-state index < -0.39 is 23.5 Å². The van der Waals surface area contributed by atoms with Crippen molar-refractivity contribution in [3.8, 4) is 0 Å². The van der Waals surface area contributed by atoms with E-state index in [1.165, 1.54) is 6.92 Å². The van der Waals surface area contributed by atoms with Crippen molar-refractivity contribution in [1.82, 2.24) is 0 Å². The van der Waals surface area contributed by atoms with E-state index >= 15 is 0 Å². The molecule has 0 aliphatic carbocycles. The van der Waals surface area contributed by atoms with Gasteiger partial charge in [0.1, 0.15) is 0 Å². The van der Waals surface area contributed by atoms with Crippen molar-refractivity contribution in [3.05, 3.63) is 33.3 Å². The maximum absolute atomic E-state index is 12.7. The van der Waals surface area contributed by atoms with Crippen molar-refractivity contribution in [2.45, 2.75) is 31.8 Å². The molecule has 1 aromatic rings. The number of rotatable bonds is 1. The van der Waals surface area contributed by atoms with Crippen molar-refractivity contribution >= 4 is 15.9 Å². The van der Waals surface area contributed by atoms with E-state index in [1.54, 1.807) is 0 Å².